The molecule has 0 aliphatic carbocycles. The van der Waals surface area contributed by atoms with Gasteiger partial charge in [0.05, 0.1) is 11.1 Å². The number of halogens is 1. The van der Waals surface area contributed by atoms with Crippen LogP contribution >= 0.6 is 11.6 Å². The molecule has 0 amide bonds. The molecule has 0 bridgehead atoms. The highest BCUT2D eigenvalue weighted by atomic mass is 35.5. The highest BCUT2D eigenvalue weighted by Gasteiger charge is 2.28. The Hall–Kier alpha value is -0.890. The van der Waals surface area contributed by atoms with Crippen LogP contribution in [0, 0.1) is 0 Å². The molecular weight excluding hydrogens is 290 g/mol. The van der Waals surface area contributed by atoms with Crippen molar-refractivity contribution in [2.45, 2.75) is 24.3 Å². The zero-order valence-corrected chi connectivity index (χ0v) is 12.1. The largest absolute Gasteiger partial charge is 0.382 e. The Kier molecular flexibility index (Phi) is 4.29. The Balaban J connectivity index is 2.32. The number of nitrogens with zero attached hydrogens (tertiary/aromatic N) is 2. The molecule has 6 nitrogen and oxygen atoms in total. The van der Waals surface area contributed by atoms with Crippen LogP contribution in [0.5, 0.6) is 0 Å². The Labute approximate surface area is 117 Å². The van der Waals surface area contributed by atoms with Crippen LogP contribution in [-0.4, -0.2) is 43.5 Å². The highest BCUT2D eigenvalue weighted by Crippen LogP contribution is 2.23. The fourth-order valence-corrected chi connectivity index (χ4v) is 3.65. The summed E-state index contributed by atoms with van der Waals surface area (Å²) in [4.78, 5) is 3.85. The van der Waals surface area contributed by atoms with E-state index in [2.05, 4.69) is 4.98 Å². The summed E-state index contributed by atoms with van der Waals surface area (Å²) in [5.41, 5.74) is 5.49. The summed E-state index contributed by atoms with van der Waals surface area (Å²) in [7, 11) is -3.61. The average Bonchev–Trinajstić information content (AvgIpc) is 2.57. The molecule has 0 spiro atoms. The highest BCUT2D eigenvalue weighted by molar-refractivity contribution is 7.89. The molecule has 1 aromatic rings. The number of ether oxygens (including phenoxy) is 1. The van der Waals surface area contributed by atoms with Gasteiger partial charge in [-0.1, -0.05) is 11.6 Å². The maximum Gasteiger partial charge on any atom is 0.244 e. The van der Waals surface area contributed by atoms with Crippen molar-refractivity contribution in [1.82, 2.24) is 9.29 Å². The molecule has 1 fully saturated rings. The minimum atomic E-state index is -3.61. The summed E-state index contributed by atoms with van der Waals surface area (Å²) in [6.45, 7) is 3.16. The van der Waals surface area contributed by atoms with Crippen molar-refractivity contribution in [2.24, 2.45) is 0 Å². The summed E-state index contributed by atoms with van der Waals surface area (Å²) in [5, 5.41) is 0.139. The van der Waals surface area contributed by atoms with Gasteiger partial charge in [0.2, 0.25) is 10.0 Å². The maximum absolute atomic E-state index is 12.5. The number of nitrogens with two attached hydrogens (primary N) is 1. The second-order valence-electron chi connectivity index (χ2n) is 4.44. The first-order chi connectivity index (χ1) is 8.91. The van der Waals surface area contributed by atoms with Crippen LogP contribution in [-0.2, 0) is 14.8 Å². The molecule has 1 aromatic heterocycles. The van der Waals surface area contributed by atoms with Crippen molar-refractivity contribution >= 4 is 27.4 Å². The van der Waals surface area contributed by atoms with Gasteiger partial charge in [-0.05, 0) is 19.4 Å². The molecule has 106 valence electrons. The second-order valence-corrected chi connectivity index (χ2v) is 6.78. The number of anilines is 1. The van der Waals surface area contributed by atoms with Gasteiger partial charge in [-0.3, -0.25) is 0 Å². The summed E-state index contributed by atoms with van der Waals surface area (Å²) in [6.07, 6.45) is 1.77. The summed E-state index contributed by atoms with van der Waals surface area (Å²) in [5.74, 6) is 0.119. The smallest absolute Gasteiger partial charge is 0.244 e. The Bertz CT molecular complexity index is 564. The minimum absolute atomic E-state index is 0.0563. The molecule has 0 radical (unpaired) electrons. The fourth-order valence-electron chi connectivity index (χ4n) is 1.90. The third-order valence-corrected chi connectivity index (χ3v) is 5.03. The SMILES string of the molecule is CC1CN(S(=O)(=O)c2cnc(N)c(Cl)c2)CCCO1. The van der Waals surface area contributed by atoms with Gasteiger partial charge in [-0.15, -0.1) is 0 Å². The number of hydrogen-bond donors (Lipinski definition) is 1. The monoisotopic (exact) mass is 305 g/mol. The lowest BCUT2D eigenvalue weighted by Gasteiger charge is -2.21. The van der Waals surface area contributed by atoms with E-state index in [-0.39, 0.29) is 21.8 Å². The van der Waals surface area contributed by atoms with Crippen molar-refractivity contribution in [1.29, 1.82) is 0 Å². The van der Waals surface area contributed by atoms with Crippen molar-refractivity contribution in [3.8, 4) is 0 Å². The van der Waals surface area contributed by atoms with E-state index >= 15 is 0 Å². The third kappa shape index (κ3) is 3.17. The summed E-state index contributed by atoms with van der Waals surface area (Å²) in [6, 6.07) is 1.33. The lowest BCUT2D eigenvalue weighted by molar-refractivity contribution is 0.0752. The van der Waals surface area contributed by atoms with Crippen molar-refractivity contribution in [3.05, 3.63) is 17.3 Å². The van der Waals surface area contributed by atoms with E-state index in [1.807, 2.05) is 6.92 Å². The Morgan fingerprint density at radius 3 is 3.00 bits per heavy atom. The van der Waals surface area contributed by atoms with Crippen molar-refractivity contribution in [2.75, 3.05) is 25.4 Å². The van der Waals surface area contributed by atoms with Gasteiger partial charge in [0, 0.05) is 25.9 Å². The Morgan fingerprint density at radius 1 is 1.58 bits per heavy atom. The second kappa shape index (κ2) is 5.62. The molecule has 1 unspecified atom stereocenters. The minimum Gasteiger partial charge on any atom is -0.382 e. The molecule has 1 aliphatic heterocycles. The molecule has 8 heteroatoms. The molecule has 19 heavy (non-hydrogen) atoms. The van der Waals surface area contributed by atoms with Gasteiger partial charge in [-0.25, -0.2) is 13.4 Å². The molecular formula is C11H16ClN3O3S. The lowest BCUT2D eigenvalue weighted by atomic mass is 10.4. The molecule has 2 heterocycles. The topological polar surface area (TPSA) is 85.5 Å². The summed E-state index contributed by atoms with van der Waals surface area (Å²) >= 11 is 5.82. The number of aromatic nitrogens is 1. The van der Waals surface area contributed by atoms with Crippen LogP contribution in [0.4, 0.5) is 5.82 Å². The molecule has 1 saturated heterocycles. The van der Waals surface area contributed by atoms with Gasteiger partial charge in [-0.2, -0.15) is 4.31 Å². The van der Waals surface area contributed by atoms with Crippen LogP contribution in [0.3, 0.4) is 0 Å². The molecule has 0 aromatic carbocycles. The molecule has 0 saturated carbocycles. The standard InChI is InChI=1S/C11H16ClN3O3S/c1-8-7-15(3-2-4-18-8)19(16,17)9-5-10(12)11(13)14-6-9/h5-6,8H,2-4,7H2,1H3,(H2,13,14). The van der Waals surface area contributed by atoms with Gasteiger partial charge < -0.3 is 10.5 Å². The van der Waals surface area contributed by atoms with Crippen LogP contribution in [0.25, 0.3) is 0 Å². The number of hydrogen-bond acceptors (Lipinski definition) is 5. The van der Waals surface area contributed by atoms with E-state index in [9.17, 15) is 8.42 Å². The number of sulfonamides is 1. The van der Waals surface area contributed by atoms with Crippen LogP contribution in [0.1, 0.15) is 13.3 Å². The molecule has 2 rings (SSSR count). The van der Waals surface area contributed by atoms with Gasteiger partial charge in [0.15, 0.2) is 0 Å². The van der Waals surface area contributed by atoms with Gasteiger partial charge in [0.1, 0.15) is 10.7 Å². The summed E-state index contributed by atoms with van der Waals surface area (Å²) < 4.78 is 31.8. The first-order valence-corrected chi connectivity index (χ1v) is 7.76. The van der Waals surface area contributed by atoms with E-state index in [0.29, 0.717) is 26.1 Å². The first-order valence-electron chi connectivity index (χ1n) is 5.94. The Morgan fingerprint density at radius 2 is 2.32 bits per heavy atom. The van der Waals surface area contributed by atoms with Crippen LogP contribution < -0.4 is 5.73 Å². The van der Waals surface area contributed by atoms with Gasteiger partial charge >= 0.3 is 0 Å². The first kappa shape index (κ1) is 14.5. The average molecular weight is 306 g/mol. The molecule has 2 N–H and O–H groups in total. The lowest BCUT2D eigenvalue weighted by Crippen LogP contribution is -2.36. The normalized spacial score (nSPS) is 22.1. The quantitative estimate of drug-likeness (QED) is 0.885. The van der Waals surface area contributed by atoms with Crippen LogP contribution in [0.2, 0.25) is 5.02 Å². The fraction of sp³-hybridized carbons (Fsp3) is 0.545. The zero-order chi connectivity index (χ0) is 14.0. The van der Waals surface area contributed by atoms with E-state index in [1.165, 1.54) is 16.6 Å². The predicted octanol–water partition coefficient (Wildman–Crippen LogP) is 1.12. The molecule has 1 atom stereocenters. The van der Waals surface area contributed by atoms with E-state index in [1.54, 1.807) is 0 Å². The predicted molar refractivity (Wildman–Crippen MR) is 72.4 cm³/mol. The van der Waals surface area contributed by atoms with Crippen molar-refractivity contribution in [3.63, 3.8) is 0 Å². The van der Waals surface area contributed by atoms with E-state index in [0.717, 1.165) is 0 Å². The zero-order valence-electron chi connectivity index (χ0n) is 10.5. The van der Waals surface area contributed by atoms with E-state index in [4.69, 9.17) is 22.1 Å². The number of rotatable bonds is 2. The third-order valence-electron chi connectivity index (χ3n) is 2.90. The van der Waals surface area contributed by atoms with Crippen molar-refractivity contribution < 1.29 is 13.2 Å². The number of nitrogen functional groups attached to an aromatic ring is 1. The number of pyridine rings is 1. The van der Waals surface area contributed by atoms with Gasteiger partial charge in [0.25, 0.3) is 0 Å². The van der Waals surface area contributed by atoms with Crippen LogP contribution in [0.15, 0.2) is 17.2 Å². The van der Waals surface area contributed by atoms with E-state index < -0.39 is 10.0 Å². The maximum atomic E-state index is 12.5. The molecule has 1 aliphatic rings.